The first kappa shape index (κ1) is 17.3. The summed E-state index contributed by atoms with van der Waals surface area (Å²) in [6, 6.07) is 4.97. The van der Waals surface area contributed by atoms with Crippen LogP contribution in [0.3, 0.4) is 0 Å². The Morgan fingerprint density at radius 1 is 1.39 bits per heavy atom. The van der Waals surface area contributed by atoms with Gasteiger partial charge in [0.25, 0.3) is 5.91 Å². The molecule has 1 aromatic carbocycles. The van der Waals surface area contributed by atoms with Crippen molar-refractivity contribution in [2.24, 2.45) is 5.92 Å². The predicted molar refractivity (Wildman–Crippen MR) is 86.4 cm³/mol. The topological polar surface area (TPSA) is 77.2 Å². The van der Waals surface area contributed by atoms with Gasteiger partial charge in [0, 0.05) is 10.6 Å². The maximum atomic E-state index is 12.1. The van der Waals surface area contributed by atoms with Crippen molar-refractivity contribution in [3.8, 4) is 5.75 Å². The molecule has 0 aliphatic heterocycles. The van der Waals surface area contributed by atoms with Gasteiger partial charge in [-0.3, -0.25) is 4.79 Å². The summed E-state index contributed by atoms with van der Waals surface area (Å²) in [6.07, 6.45) is 0. The molecule has 1 amide bonds. The molecular formula is C16H20ClN3O3. The van der Waals surface area contributed by atoms with Gasteiger partial charge in [-0.15, -0.1) is 0 Å². The van der Waals surface area contributed by atoms with Crippen molar-refractivity contribution in [2.75, 3.05) is 6.61 Å². The second kappa shape index (κ2) is 7.46. The lowest BCUT2D eigenvalue weighted by Gasteiger charge is -2.19. The Hall–Kier alpha value is -2.08. The molecule has 1 N–H and O–H groups in total. The maximum absolute atomic E-state index is 12.1. The van der Waals surface area contributed by atoms with E-state index in [0.717, 1.165) is 5.56 Å². The predicted octanol–water partition coefficient (Wildman–Crippen LogP) is 3.23. The summed E-state index contributed by atoms with van der Waals surface area (Å²) in [5, 5.41) is 7.22. The average molecular weight is 338 g/mol. The molecule has 2 rings (SSSR count). The molecule has 0 bridgehead atoms. The highest BCUT2D eigenvalue weighted by molar-refractivity contribution is 6.31. The second-order valence-electron chi connectivity index (χ2n) is 5.62. The van der Waals surface area contributed by atoms with Crippen molar-refractivity contribution in [1.82, 2.24) is 15.5 Å². The first-order valence-electron chi connectivity index (χ1n) is 7.36. The lowest BCUT2D eigenvalue weighted by molar-refractivity contribution is -0.124. The summed E-state index contributed by atoms with van der Waals surface area (Å²) >= 11 is 6.03. The number of rotatable bonds is 6. The second-order valence-corrected chi connectivity index (χ2v) is 6.03. The van der Waals surface area contributed by atoms with Crippen molar-refractivity contribution in [3.63, 3.8) is 0 Å². The van der Waals surface area contributed by atoms with Crippen molar-refractivity contribution in [1.29, 1.82) is 0 Å². The first-order chi connectivity index (χ1) is 10.9. The highest BCUT2D eigenvalue weighted by atomic mass is 35.5. The van der Waals surface area contributed by atoms with Crippen LogP contribution in [-0.4, -0.2) is 22.7 Å². The Balaban J connectivity index is 1.98. The summed E-state index contributed by atoms with van der Waals surface area (Å²) in [7, 11) is 0. The Morgan fingerprint density at radius 3 is 2.74 bits per heavy atom. The largest absolute Gasteiger partial charge is 0.483 e. The average Bonchev–Trinajstić information content (AvgIpc) is 2.92. The van der Waals surface area contributed by atoms with Gasteiger partial charge >= 0.3 is 0 Å². The molecule has 0 unspecified atom stereocenters. The van der Waals surface area contributed by atoms with E-state index in [4.69, 9.17) is 20.9 Å². The van der Waals surface area contributed by atoms with E-state index in [1.807, 2.05) is 20.8 Å². The zero-order valence-corrected chi connectivity index (χ0v) is 14.3. The Kier molecular flexibility index (Phi) is 5.60. The summed E-state index contributed by atoms with van der Waals surface area (Å²) in [6.45, 7) is 7.39. The third-order valence-electron chi connectivity index (χ3n) is 3.37. The molecule has 1 aromatic heterocycles. The minimum absolute atomic E-state index is 0.103. The fourth-order valence-electron chi connectivity index (χ4n) is 2.06. The SMILES string of the molecule is Cc1noc([C@@H](NC(=O)COc2cccc(Cl)c2C)C(C)C)n1. The van der Waals surface area contributed by atoms with E-state index >= 15 is 0 Å². The smallest absolute Gasteiger partial charge is 0.258 e. The van der Waals surface area contributed by atoms with E-state index in [9.17, 15) is 4.79 Å². The van der Waals surface area contributed by atoms with Gasteiger partial charge in [-0.25, -0.2) is 0 Å². The molecular weight excluding hydrogens is 318 g/mol. The molecule has 0 saturated carbocycles. The van der Waals surface area contributed by atoms with Gasteiger partial charge in [0.15, 0.2) is 12.4 Å². The highest BCUT2D eigenvalue weighted by Gasteiger charge is 2.24. The van der Waals surface area contributed by atoms with Gasteiger partial charge in [0.05, 0.1) is 0 Å². The number of benzene rings is 1. The molecule has 6 nitrogen and oxygen atoms in total. The normalized spacial score (nSPS) is 12.3. The van der Waals surface area contributed by atoms with Crippen molar-refractivity contribution in [2.45, 2.75) is 33.7 Å². The van der Waals surface area contributed by atoms with Crippen LogP contribution in [0.4, 0.5) is 0 Å². The molecule has 2 aromatic rings. The Bertz CT molecular complexity index is 685. The van der Waals surface area contributed by atoms with Gasteiger partial charge in [-0.1, -0.05) is 36.7 Å². The molecule has 0 radical (unpaired) electrons. The quantitative estimate of drug-likeness (QED) is 0.875. The number of amides is 1. The van der Waals surface area contributed by atoms with Crippen LogP contribution < -0.4 is 10.1 Å². The molecule has 0 fully saturated rings. The molecule has 7 heteroatoms. The molecule has 0 aliphatic rings. The van der Waals surface area contributed by atoms with Crippen LogP contribution in [0.2, 0.25) is 5.02 Å². The van der Waals surface area contributed by atoms with E-state index in [2.05, 4.69) is 15.5 Å². The van der Waals surface area contributed by atoms with Crippen molar-refractivity contribution in [3.05, 3.63) is 40.5 Å². The van der Waals surface area contributed by atoms with E-state index < -0.39 is 0 Å². The Labute approximate surface area is 140 Å². The molecule has 124 valence electrons. The number of nitrogens with zero attached hydrogens (tertiary/aromatic N) is 2. The number of aryl methyl sites for hydroxylation is 1. The van der Waals surface area contributed by atoms with Gasteiger partial charge < -0.3 is 14.6 Å². The van der Waals surface area contributed by atoms with Crippen LogP contribution in [0.1, 0.15) is 37.2 Å². The van der Waals surface area contributed by atoms with Crippen molar-refractivity contribution >= 4 is 17.5 Å². The molecule has 1 atom stereocenters. The number of ether oxygens (including phenoxy) is 1. The number of carbonyl (C=O) groups excluding carboxylic acids is 1. The lowest BCUT2D eigenvalue weighted by atomic mass is 10.0. The minimum atomic E-state index is -0.354. The highest BCUT2D eigenvalue weighted by Crippen LogP contribution is 2.25. The van der Waals surface area contributed by atoms with Gasteiger partial charge in [-0.2, -0.15) is 4.98 Å². The van der Waals surface area contributed by atoms with Crippen molar-refractivity contribution < 1.29 is 14.1 Å². The van der Waals surface area contributed by atoms with E-state index in [0.29, 0.717) is 22.5 Å². The van der Waals surface area contributed by atoms with Crippen LogP contribution in [0.5, 0.6) is 5.75 Å². The van der Waals surface area contributed by atoms with Crippen LogP contribution in [0.15, 0.2) is 22.7 Å². The van der Waals surface area contributed by atoms with Crippen LogP contribution in [0, 0.1) is 19.8 Å². The van der Waals surface area contributed by atoms with Gasteiger partial charge in [-0.05, 0) is 31.9 Å². The Morgan fingerprint density at radius 2 is 2.13 bits per heavy atom. The standard InChI is InChI=1S/C16H20ClN3O3/c1-9(2)15(16-18-11(4)20-23-16)19-14(21)8-22-13-7-5-6-12(17)10(13)3/h5-7,9,15H,8H2,1-4H3,(H,19,21)/t15-/m0/s1. The molecule has 23 heavy (non-hydrogen) atoms. The summed E-state index contributed by atoms with van der Waals surface area (Å²) in [5.41, 5.74) is 0.801. The lowest BCUT2D eigenvalue weighted by Crippen LogP contribution is -2.35. The first-order valence-corrected chi connectivity index (χ1v) is 7.73. The van der Waals surface area contributed by atoms with E-state index in [-0.39, 0.29) is 24.5 Å². The van der Waals surface area contributed by atoms with Crippen LogP contribution >= 0.6 is 11.6 Å². The number of nitrogens with one attached hydrogen (secondary N) is 1. The monoisotopic (exact) mass is 337 g/mol. The van der Waals surface area contributed by atoms with Crippen LogP contribution in [-0.2, 0) is 4.79 Å². The maximum Gasteiger partial charge on any atom is 0.258 e. The number of hydrogen-bond donors (Lipinski definition) is 1. The number of halogens is 1. The fourth-order valence-corrected chi connectivity index (χ4v) is 2.22. The zero-order chi connectivity index (χ0) is 17.0. The molecule has 0 spiro atoms. The molecule has 0 saturated heterocycles. The third-order valence-corrected chi connectivity index (χ3v) is 3.78. The summed E-state index contributed by atoms with van der Waals surface area (Å²) < 4.78 is 10.7. The van der Waals surface area contributed by atoms with Gasteiger partial charge in [0.1, 0.15) is 11.8 Å². The number of carbonyl (C=O) groups is 1. The number of aromatic nitrogens is 2. The molecule has 1 heterocycles. The van der Waals surface area contributed by atoms with E-state index in [1.165, 1.54) is 0 Å². The number of hydrogen-bond acceptors (Lipinski definition) is 5. The van der Waals surface area contributed by atoms with Crippen LogP contribution in [0.25, 0.3) is 0 Å². The third kappa shape index (κ3) is 4.45. The van der Waals surface area contributed by atoms with E-state index in [1.54, 1.807) is 25.1 Å². The fraction of sp³-hybridized carbons (Fsp3) is 0.438. The summed E-state index contributed by atoms with van der Waals surface area (Å²) in [5.74, 6) is 1.35. The molecule has 0 aliphatic carbocycles. The van der Waals surface area contributed by atoms with Gasteiger partial charge in [0.2, 0.25) is 5.89 Å². The minimum Gasteiger partial charge on any atom is -0.483 e. The summed E-state index contributed by atoms with van der Waals surface area (Å²) in [4.78, 5) is 16.3. The zero-order valence-electron chi connectivity index (χ0n) is 13.6.